The fourth-order valence-electron chi connectivity index (χ4n) is 11.1. The molecule has 10 aromatic rings. The smallest absolute Gasteiger partial charge is 0.145 e. The minimum atomic E-state index is -0.149. The molecule has 0 saturated carbocycles. The van der Waals surface area contributed by atoms with E-state index in [0.717, 1.165) is 41.0 Å². The second-order valence-corrected chi connectivity index (χ2v) is 17.4. The summed E-state index contributed by atoms with van der Waals surface area (Å²) in [5.41, 5.74) is 20.1. The number of allylic oxidation sites excluding steroid dienone is 2. The Morgan fingerprint density at radius 3 is 2.07 bits per heavy atom. The molecule has 2 heteroatoms. The first-order valence-electron chi connectivity index (χ1n) is 21.2. The summed E-state index contributed by atoms with van der Waals surface area (Å²) in [4.78, 5) is 5.30. The standard InChI is InChI=1S/C58H40N2/c1-58(2)49-26-9-8-22-41(49)45-33-47-48(34-50(45)58)54(37-17-13-19-39(31-37)57-59-51-27-10-11-28-52(51)60(57)40-20-4-3-5-21-40)42-23-6-7-24-43(42)56(47)46-32-38-18-12-15-35-29-30-36-16-14-25-44(46)55(36)53(35)38/h3-14,17-34H,15-16H2,1-2H3. The highest BCUT2D eigenvalue weighted by Gasteiger charge is 2.36. The molecular formula is C58H40N2. The third-order valence-corrected chi connectivity index (χ3v) is 13.8. The topological polar surface area (TPSA) is 17.8 Å². The Kier molecular flexibility index (Phi) is 6.94. The van der Waals surface area contributed by atoms with Crippen LogP contribution in [0.4, 0.5) is 0 Å². The SMILES string of the molecule is CC1(C)c2ccccc2-c2cc3c(-c4cc5c6c(ccc7c6c4C=CC7)CC=C5)c4ccccc4c(-c4cccc(-c5nc6ccccc6n5-c5ccccc5)c4)c3cc21. The number of benzene rings is 9. The second-order valence-electron chi connectivity index (χ2n) is 17.4. The van der Waals surface area contributed by atoms with E-state index < -0.39 is 0 Å². The predicted molar refractivity (Wildman–Crippen MR) is 253 cm³/mol. The van der Waals surface area contributed by atoms with E-state index in [4.69, 9.17) is 4.98 Å². The lowest BCUT2D eigenvalue weighted by atomic mass is 9.77. The van der Waals surface area contributed by atoms with Crippen LogP contribution in [-0.4, -0.2) is 9.55 Å². The lowest BCUT2D eigenvalue weighted by Crippen LogP contribution is -2.14. The largest absolute Gasteiger partial charge is 0.292 e. The molecule has 1 aromatic heterocycles. The number of rotatable bonds is 4. The molecule has 9 aromatic carbocycles. The molecule has 0 spiro atoms. The van der Waals surface area contributed by atoms with Gasteiger partial charge in [-0.05, 0) is 160 Å². The highest BCUT2D eigenvalue weighted by atomic mass is 15.1. The van der Waals surface area contributed by atoms with E-state index >= 15 is 0 Å². The molecular weight excluding hydrogens is 725 g/mol. The zero-order valence-electron chi connectivity index (χ0n) is 33.6. The Balaban J connectivity index is 1.15. The molecule has 0 radical (unpaired) electrons. The Hall–Kier alpha value is -7.29. The first-order chi connectivity index (χ1) is 29.5. The summed E-state index contributed by atoms with van der Waals surface area (Å²) in [6.07, 6.45) is 11.4. The molecule has 1 heterocycles. The maximum Gasteiger partial charge on any atom is 0.145 e. The molecule has 3 aliphatic rings. The van der Waals surface area contributed by atoms with Gasteiger partial charge in [0.15, 0.2) is 0 Å². The van der Waals surface area contributed by atoms with Crippen LogP contribution >= 0.6 is 0 Å². The molecule has 0 unspecified atom stereocenters. The Morgan fingerprint density at radius 2 is 1.20 bits per heavy atom. The molecule has 13 rings (SSSR count). The van der Waals surface area contributed by atoms with E-state index in [2.05, 4.69) is 200 Å². The number of hydrogen-bond donors (Lipinski definition) is 0. The van der Waals surface area contributed by atoms with Gasteiger partial charge in [-0.1, -0.05) is 147 Å². The molecule has 0 saturated heterocycles. The Bertz CT molecular complexity index is 3560. The maximum absolute atomic E-state index is 5.30. The third-order valence-electron chi connectivity index (χ3n) is 13.8. The molecule has 0 fully saturated rings. The van der Waals surface area contributed by atoms with Crippen molar-refractivity contribution in [3.05, 3.63) is 203 Å². The van der Waals surface area contributed by atoms with Crippen molar-refractivity contribution < 1.29 is 0 Å². The van der Waals surface area contributed by atoms with Gasteiger partial charge in [-0.2, -0.15) is 0 Å². The van der Waals surface area contributed by atoms with Gasteiger partial charge >= 0.3 is 0 Å². The quantitative estimate of drug-likeness (QED) is 0.163. The van der Waals surface area contributed by atoms with Gasteiger partial charge in [-0.25, -0.2) is 4.98 Å². The van der Waals surface area contributed by atoms with Crippen molar-refractivity contribution in [2.75, 3.05) is 0 Å². The first kappa shape index (κ1) is 33.7. The Morgan fingerprint density at radius 1 is 0.500 bits per heavy atom. The maximum atomic E-state index is 5.30. The minimum Gasteiger partial charge on any atom is -0.292 e. The van der Waals surface area contributed by atoms with E-state index in [1.165, 1.54) is 99.1 Å². The van der Waals surface area contributed by atoms with E-state index in [-0.39, 0.29) is 5.41 Å². The van der Waals surface area contributed by atoms with Crippen molar-refractivity contribution in [1.29, 1.82) is 0 Å². The zero-order valence-corrected chi connectivity index (χ0v) is 33.6. The number of fused-ring (bicyclic) bond motifs is 6. The van der Waals surface area contributed by atoms with Gasteiger partial charge in [0, 0.05) is 16.7 Å². The van der Waals surface area contributed by atoms with Gasteiger partial charge in [0.2, 0.25) is 0 Å². The average molecular weight is 765 g/mol. The monoisotopic (exact) mass is 764 g/mol. The van der Waals surface area contributed by atoms with Gasteiger partial charge in [-0.3, -0.25) is 4.57 Å². The molecule has 0 bridgehead atoms. The van der Waals surface area contributed by atoms with Gasteiger partial charge in [0.25, 0.3) is 0 Å². The summed E-state index contributed by atoms with van der Waals surface area (Å²) in [5, 5.41) is 7.95. The summed E-state index contributed by atoms with van der Waals surface area (Å²) in [6, 6.07) is 58.7. The molecule has 282 valence electrons. The van der Waals surface area contributed by atoms with Crippen molar-refractivity contribution in [2.45, 2.75) is 32.1 Å². The summed E-state index contributed by atoms with van der Waals surface area (Å²) >= 11 is 0. The highest BCUT2D eigenvalue weighted by Crippen LogP contribution is 2.54. The molecule has 0 amide bonds. The van der Waals surface area contributed by atoms with Crippen molar-refractivity contribution in [1.82, 2.24) is 9.55 Å². The molecule has 60 heavy (non-hydrogen) atoms. The van der Waals surface area contributed by atoms with Gasteiger partial charge in [0.1, 0.15) is 5.82 Å². The number of para-hydroxylation sites is 3. The lowest BCUT2D eigenvalue weighted by Gasteiger charge is -2.26. The normalized spacial score (nSPS) is 14.4. The van der Waals surface area contributed by atoms with Crippen molar-refractivity contribution >= 4 is 55.5 Å². The Labute approximate surface area is 349 Å². The molecule has 0 aliphatic heterocycles. The van der Waals surface area contributed by atoms with E-state index in [1.807, 2.05) is 0 Å². The van der Waals surface area contributed by atoms with Crippen LogP contribution in [0.5, 0.6) is 0 Å². The lowest BCUT2D eigenvalue weighted by molar-refractivity contribution is 0.661. The van der Waals surface area contributed by atoms with Crippen LogP contribution in [0.15, 0.2) is 170 Å². The summed E-state index contributed by atoms with van der Waals surface area (Å²) in [5.74, 6) is 0.936. The predicted octanol–water partition coefficient (Wildman–Crippen LogP) is 14.9. The van der Waals surface area contributed by atoms with Gasteiger partial charge in [0.05, 0.1) is 11.0 Å². The van der Waals surface area contributed by atoms with Crippen LogP contribution in [0.25, 0.3) is 106 Å². The summed E-state index contributed by atoms with van der Waals surface area (Å²) in [7, 11) is 0. The van der Waals surface area contributed by atoms with Crippen LogP contribution in [-0.2, 0) is 18.3 Å². The van der Waals surface area contributed by atoms with Crippen LogP contribution in [0.2, 0.25) is 0 Å². The van der Waals surface area contributed by atoms with Gasteiger partial charge in [-0.15, -0.1) is 0 Å². The third kappa shape index (κ3) is 4.62. The van der Waals surface area contributed by atoms with Crippen LogP contribution in [0.3, 0.4) is 0 Å². The number of aromatic nitrogens is 2. The second kappa shape index (κ2) is 12.4. The van der Waals surface area contributed by atoms with E-state index in [0.29, 0.717) is 0 Å². The molecule has 2 nitrogen and oxygen atoms in total. The number of hydrogen-bond acceptors (Lipinski definition) is 1. The van der Waals surface area contributed by atoms with E-state index in [9.17, 15) is 0 Å². The zero-order chi connectivity index (χ0) is 39.7. The first-order valence-corrected chi connectivity index (χ1v) is 21.2. The fourth-order valence-corrected chi connectivity index (χ4v) is 11.1. The average Bonchev–Trinajstić information content (AvgIpc) is 3.79. The summed E-state index contributed by atoms with van der Waals surface area (Å²) in [6.45, 7) is 4.79. The van der Waals surface area contributed by atoms with Crippen molar-refractivity contribution in [2.24, 2.45) is 0 Å². The summed E-state index contributed by atoms with van der Waals surface area (Å²) < 4.78 is 2.31. The van der Waals surface area contributed by atoms with E-state index in [1.54, 1.807) is 0 Å². The van der Waals surface area contributed by atoms with Gasteiger partial charge < -0.3 is 0 Å². The van der Waals surface area contributed by atoms with Crippen LogP contribution < -0.4 is 0 Å². The van der Waals surface area contributed by atoms with Crippen LogP contribution in [0, 0.1) is 0 Å². The molecule has 0 atom stereocenters. The minimum absolute atomic E-state index is 0.149. The highest BCUT2D eigenvalue weighted by molar-refractivity contribution is 6.24. The van der Waals surface area contributed by atoms with Crippen molar-refractivity contribution in [3.8, 4) is 50.5 Å². The number of nitrogens with zero attached hydrogens (tertiary/aromatic N) is 2. The number of imidazole rings is 1. The fraction of sp³-hybridized carbons (Fsp3) is 0.0862. The molecule has 3 aliphatic carbocycles. The molecule has 0 N–H and O–H groups in total. The van der Waals surface area contributed by atoms with Crippen molar-refractivity contribution in [3.63, 3.8) is 0 Å². The van der Waals surface area contributed by atoms with Crippen LogP contribution in [0.1, 0.15) is 47.2 Å².